The smallest absolute Gasteiger partial charge is 0.255 e. The van der Waals surface area contributed by atoms with Crippen LogP contribution in [0.4, 0.5) is 11.4 Å². The van der Waals surface area contributed by atoms with Gasteiger partial charge in [0, 0.05) is 26.9 Å². The summed E-state index contributed by atoms with van der Waals surface area (Å²) in [4.78, 5) is 25.5. The zero-order valence-electron chi connectivity index (χ0n) is 17.8. The van der Waals surface area contributed by atoms with Crippen molar-refractivity contribution in [2.75, 3.05) is 23.0 Å². The topological polar surface area (TPSA) is 67.4 Å². The molecule has 5 nitrogen and oxygen atoms in total. The Morgan fingerprint density at radius 1 is 0.938 bits per heavy atom. The Hall–Kier alpha value is -2.96. The Morgan fingerprint density at radius 2 is 1.62 bits per heavy atom. The summed E-state index contributed by atoms with van der Waals surface area (Å²) in [5.74, 6) is 0.763. The highest BCUT2D eigenvalue weighted by Crippen LogP contribution is 2.22. The molecule has 0 aliphatic heterocycles. The maximum Gasteiger partial charge on any atom is 0.255 e. The molecule has 0 heterocycles. The first-order valence-corrected chi connectivity index (χ1v) is 11.7. The zero-order chi connectivity index (χ0) is 22.8. The number of hydrogen-bond acceptors (Lipinski definition) is 4. The number of thioether (sulfide) groups is 1. The van der Waals surface area contributed by atoms with Gasteiger partial charge in [0.1, 0.15) is 5.75 Å². The van der Waals surface area contributed by atoms with E-state index in [4.69, 9.17) is 16.3 Å². The highest BCUT2D eigenvalue weighted by Gasteiger charge is 2.08. The van der Waals surface area contributed by atoms with Crippen LogP contribution < -0.4 is 15.4 Å². The van der Waals surface area contributed by atoms with Gasteiger partial charge in [0.2, 0.25) is 5.91 Å². The highest BCUT2D eigenvalue weighted by molar-refractivity contribution is 8.00. The van der Waals surface area contributed by atoms with E-state index < -0.39 is 0 Å². The van der Waals surface area contributed by atoms with Crippen LogP contribution in [0.25, 0.3) is 0 Å². The SMILES string of the molecule is CCCCOc1ccc(NC(=O)CSc2ccc(NC(=O)c3cccc(Cl)c3)cc2)cc1. The molecule has 166 valence electrons. The summed E-state index contributed by atoms with van der Waals surface area (Å²) in [6.45, 7) is 2.82. The Morgan fingerprint density at radius 3 is 2.31 bits per heavy atom. The lowest BCUT2D eigenvalue weighted by atomic mass is 10.2. The Kier molecular flexibility index (Phi) is 9.01. The number of hydrogen-bond donors (Lipinski definition) is 2. The fourth-order valence-corrected chi connectivity index (χ4v) is 3.67. The third-order valence-electron chi connectivity index (χ3n) is 4.47. The van der Waals surface area contributed by atoms with Crippen LogP contribution in [0.3, 0.4) is 0 Å². The second kappa shape index (κ2) is 12.2. The predicted molar refractivity (Wildman–Crippen MR) is 132 cm³/mol. The number of carbonyl (C=O) groups excluding carboxylic acids is 2. The van der Waals surface area contributed by atoms with Crippen LogP contribution in [0.15, 0.2) is 77.7 Å². The van der Waals surface area contributed by atoms with Gasteiger partial charge in [-0.2, -0.15) is 0 Å². The molecule has 0 unspecified atom stereocenters. The summed E-state index contributed by atoms with van der Waals surface area (Å²) in [7, 11) is 0. The van der Waals surface area contributed by atoms with E-state index >= 15 is 0 Å². The molecule has 7 heteroatoms. The number of benzene rings is 3. The van der Waals surface area contributed by atoms with Gasteiger partial charge in [-0.15, -0.1) is 11.8 Å². The monoisotopic (exact) mass is 468 g/mol. The van der Waals surface area contributed by atoms with Crippen molar-refractivity contribution in [3.05, 3.63) is 83.4 Å². The molecule has 2 amide bonds. The van der Waals surface area contributed by atoms with E-state index in [0.29, 0.717) is 22.9 Å². The molecule has 0 saturated heterocycles. The maximum atomic E-state index is 12.3. The van der Waals surface area contributed by atoms with Crippen molar-refractivity contribution in [2.24, 2.45) is 0 Å². The van der Waals surface area contributed by atoms with Gasteiger partial charge < -0.3 is 15.4 Å². The van der Waals surface area contributed by atoms with Gasteiger partial charge in [0.25, 0.3) is 5.91 Å². The van der Waals surface area contributed by atoms with Gasteiger partial charge in [-0.1, -0.05) is 31.0 Å². The van der Waals surface area contributed by atoms with Gasteiger partial charge >= 0.3 is 0 Å². The van der Waals surface area contributed by atoms with E-state index in [2.05, 4.69) is 17.6 Å². The number of amides is 2. The molecule has 0 atom stereocenters. The number of carbonyl (C=O) groups is 2. The van der Waals surface area contributed by atoms with Crippen LogP contribution in [0, 0.1) is 0 Å². The van der Waals surface area contributed by atoms with Crippen LogP contribution in [0.1, 0.15) is 30.1 Å². The first kappa shape index (κ1) is 23.7. The standard InChI is InChI=1S/C25H25ClN2O3S/c1-2-3-15-31-22-11-7-20(8-12-22)27-24(29)17-32-23-13-9-21(10-14-23)28-25(30)18-5-4-6-19(26)16-18/h4-14,16H,2-3,15,17H2,1H3,(H,27,29)(H,28,30). The van der Waals surface area contributed by atoms with Crippen LogP contribution in [-0.4, -0.2) is 24.2 Å². The number of halogens is 1. The third kappa shape index (κ3) is 7.62. The van der Waals surface area contributed by atoms with E-state index in [0.717, 1.165) is 29.2 Å². The summed E-state index contributed by atoms with van der Waals surface area (Å²) in [6.07, 6.45) is 2.11. The molecular weight excluding hydrogens is 444 g/mol. The summed E-state index contributed by atoms with van der Waals surface area (Å²) < 4.78 is 5.63. The first-order chi connectivity index (χ1) is 15.5. The van der Waals surface area contributed by atoms with Crippen LogP contribution in [-0.2, 0) is 4.79 Å². The van der Waals surface area contributed by atoms with E-state index in [9.17, 15) is 9.59 Å². The summed E-state index contributed by atoms with van der Waals surface area (Å²) >= 11 is 7.36. The average molecular weight is 469 g/mol. The Bertz CT molecular complexity index is 1040. The van der Waals surface area contributed by atoms with E-state index in [1.165, 1.54) is 11.8 Å². The molecule has 0 fully saturated rings. The van der Waals surface area contributed by atoms with Gasteiger partial charge in [-0.05, 0) is 73.2 Å². The quantitative estimate of drug-likeness (QED) is 0.263. The number of nitrogens with one attached hydrogen (secondary N) is 2. The molecule has 32 heavy (non-hydrogen) atoms. The molecule has 2 N–H and O–H groups in total. The lowest BCUT2D eigenvalue weighted by Gasteiger charge is -2.09. The van der Waals surface area contributed by atoms with Crippen molar-refractivity contribution in [1.29, 1.82) is 0 Å². The molecule has 3 rings (SSSR count). The van der Waals surface area contributed by atoms with Gasteiger partial charge in [-0.3, -0.25) is 9.59 Å². The first-order valence-electron chi connectivity index (χ1n) is 10.4. The molecular formula is C25H25ClN2O3S. The maximum absolute atomic E-state index is 12.3. The zero-order valence-corrected chi connectivity index (χ0v) is 19.3. The van der Waals surface area contributed by atoms with E-state index in [1.54, 1.807) is 36.4 Å². The fourth-order valence-electron chi connectivity index (χ4n) is 2.78. The summed E-state index contributed by atoms with van der Waals surface area (Å²) in [6, 6.07) is 21.5. The van der Waals surface area contributed by atoms with E-state index in [-0.39, 0.29) is 17.6 Å². The number of anilines is 2. The van der Waals surface area contributed by atoms with Crippen molar-refractivity contribution in [2.45, 2.75) is 24.7 Å². The Labute approximate surface area is 197 Å². The molecule has 0 aliphatic rings. The normalized spacial score (nSPS) is 10.4. The van der Waals surface area contributed by atoms with Crippen molar-refractivity contribution >= 4 is 46.6 Å². The second-order valence-corrected chi connectivity index (χ2v) is 8.54. The molecule has 0 bridgehead atoms. The number of rotatable bonds is 10. The van der Waals surface area contributed by atoms with E-state index in [1.807, 2.05) is 36.4 Å². The van der Waals surface area contributed by atoms with Crippen LogP contribution in [0.5, 0.6) is 5.75 Å². The van der Waals surface area contributed by atoms with Gasteiger partial charge in [0.15, 0.2) is 0 Å². The predicted octanol–water partition coefficient (Wildman–Crippen LogP) is 6.50. The van der Waals surface area contributed by atoms with Gasteiger partial charge in [0.05, 0.1) is 12.4 Å². The largest absolute Gasteiger partial charge is 0.494 e. The van der Waals surface area contributed by atoms with Crippen molar-refractivity contribution in [3.8, 4) is 5.75 Å². The summed E-state index contributed by atoms with van der Waals surface area (Å²) in [5, 5.41) is 6.23. The minimum Gasteiger partial charge on any atom is -0.494 e. The van der Waals surface area contributed by atoms with Crippen molar-refractivity contribution in [1.82, 2.24) is 0 Å². The minimum atomic E-state index is -0.228. The van der Waals surface area contributed by atoms with Gasteiger partial charge in [-0.25, -0.2) is 0 Å². The minimum absolute atomic E-state index is 0.0898. The number of ether oxygens (including phenoxy) is 1. The molecule has 0 saturated carbocycles. The van der Waals surface area contributed by atoms with Crippen LogP contribution in [0.2, 0.25) is 5.02 Å². The molecule has 0 aliphatic carbocycles. The molecule has 3 aromatic rings. The molecule has 3 aromatic carbocycles. The lowest BCUT2D eigenvalue weighted by molar-refractivity contribution is -0.113. The lowest BCUT2D eigenvalue weighted by Crippen LogP contribution is -2.14. The fraction of sp³-hybridized carbons (Fsp3) is 0.200. The summed E-state index contributed by atoms with van der Waals surface area (Å²) in [5.41, 5.74) is 1.90. The molecule has 0 radical (unpaired) electrons. The van der Waals surface area contributed by atoms with Crippen molar-refractivity contribution in [3.63, 3.8) is 0 Å². The van der Waals surface area contributed by atoms with Crippen LogP contribution >= 0.6 is 23.4 Å². The number of unbranched alkanes of at least 4 members (excludes halogenated alkanes) is 1. The third-order valence-corrected chi connectivity index (χ3v) is 5.72. The molecule has 0 aromatic heterocycles. The molecule has 0 spiro atoms. The Balaban J connectivity index is 1.44. The highest BCUT2D eigenvalue weighted by atomic mass is 35.5. The van der Waals surface area contributed by atoms with Crippen molar-refractivity contribution < 1.29 is 14.3 Å². The second-order valence-electron chi connectivity index (χ2n) is 7.05. The average Bonchev–Trinajstić information content (AvgIpc) is 2.80.